The van der Waals surface area contributed by atoms with E-state index in [9.17, 15) is 18.5 Å². The Morgan fingerprint density at radius 2 is 2.00 bits per heavy atom. The van der Waals surface area contributed by atoms with Gasteiger partial charge in [-0.2, -0.15) is 9.57 Å². The highest BCUT2D eigenvalue weighted by Crippen LogP contribution is 2.26. The molecule has 1 aromatic carbocycles. The third-order valence-corrected chi connectivity index (χ3v) is 4.57. The molecule has 0 amide bonds. The Labute approximate surface area is 117 Å². The first-order valence-electron chi connectivity index (χ1n) is 6.05. The summed E-state index contributed by atoms with van der Waals surface area (Å²) in [4.78, 5) is 9.88. The van der Waals surface area contributed by atoms with Crippen molar-refractivity contribution in [2.24, 2.45) is 0 Å². The number of nitro groups is 1. The van der Waals surface area contributed by atoms with Crippen LogP contribution in [-0.4, -0.2) is 30.7 Å². The summed E-state index contributed by atoms with van der Waals surface area (Å²) in [6.45, 7) is 2.04. The number of nitro benzene ring substituents is 1. The topological polar surface area (TPSA) is 104 Å². The number of benzene rings is 1. The Morgan fingerprint density at radius 3 is 2.55 bits per heavy atom. The molecule has 0 bridgehead atoms. The van der Waals surface area contributed by atoms with Crippen molar-refractivity contribution in [3.63, 3.8) is 0 Å². The molecule has 0 heterocycles. The van der Waals surface area contributed by atoms with Crippen LogP contribution in [0.1, 0.15) is 19.8 Å². The lowest BCUT2D eigenvalue weighted by Gasteiger charge is -2.20. The van der Waals surface area contributed by atoms with Crippen molar-refractivity contribution in [3.8, 4) is 6.07 Å². The number of nitrogens with zero attached hydrogens (tertiary/aromatic N) is 3. The minimum Gasteiger partial charge on any atom is -0.258 e. The van der Waals surface area contributed by atoms with Gasteiger partial charge in [0.25, 0.3) is 5.69 Å². The molecule has 0 aliphatic rings. The summed E-state index contributed by atoms with van der Waals surface area (Å²) < 4.78 is 26.0. The molecule has 108 valence electrons. The van der Waals surface area contributed by atoms with Crippen LogP contribution in [0.3, 0.4) is 0 Å². The summed E-state index contributed by atoms with van der Waals surface area (Å²) in [6.07, 6.45) is 0.602. The van der Waals surface area contributed by atoms with Gasteiger partial charge in [0.05, 0.1) is 11.0 Å². The van der Waals surface area contributed by atoms with Crippen molar-refractivity contribution in [2.45, 2.75) is 24.7 Å². The van der Waals surface area contributed by atoms with Crippen molar-refractivity contribution >= 4 is 15.7 Å². The molecule has 0 aliphatic heterocycles. The maximum Gasteiger partial charge on any atom is 0.289 e. The number of sulfonamides is 1. The molecule has 7 nitrogen and oxygen atoms in total. The van der Waals surface area contributed by atoms with E-state index in [1.807, 2.05) is 6.07 Å². The fourth-order valence-electron chi connectivity index (χ4n) is 1.74. The quantitative estimate of drug-likeness (QED) is 0.564. The highest BCUT2D eigenvalue weighted by molar-refractivity contribution is 7.89. The number of hydrogen-bond acceptors (Lipinski definition) is 5. The van der Waals surface area contributed by atoms with Crippen molar-refractivity contribution in [3.05, 3.63) is 34.4 Å². The molecule has 0 saturated carbocycles. The SMILES string of the molecule is CCCN(CCC#N)S(=O)(=O)c1ccccc1[N+](=O)[O-]. The van der Waals surface area contributed by atoms with Crippen LogP contribution in [0.15, 0.2) is 29.2 Å². The Kier molecular flexibility index (Phi) is 5.61. The Hall–Kier alpha value is -1.98. The molecule has 0 fully saturated rings. The van der Waals surface area contributed by atoms with Gasteiger partial charge in [0.2, 0.25) is 10.0 Å². The highest BCUT2D eigenvalue weighted by Gasteiger charge is 2.30. The second-order valence-electron chi connectivity index (χ2n) is 4.04. The molecular weight excluding hydrogens is 282 g/mol. The monoisotopic (exact) mass is 297 g/mol. The second kappa shape index (κ2) is 6.98. The van der Waals surface area contributed by atoms with Crippen LogP contribution in [0.2, 0.25) is 0 Å². The highest BCUT2D eigenvalue weighted by atomic mass is 32.2. The molecular formula is C12H15N3O4S. The van der Waals surface area contributed by atoms with Crippen LogP contribution in [0.25, 0.3) is 0 Å². The van der Waals surface area contributed by atoms with Crippen molar-refractivity contribution in [1.82, 2.24) is 4.31 Å². The molecule has 8 heteroatoms. The van der Waals surface area contributed by atoms with Gasteiger partial charge in [-0.25, -0.2) is 8.42 Å². The van der Waals surface area contributed by atoms with Gasteiger partial charge in [0, 0.05) is 25.6 Å². The maximum absolute atomic E-state index is 12.5. The van der Waals surface area contributed by atoms with Gasteiger partial charge in [-0.3, -0.25) is 10.1 Å². The molecule has 1 rings (SSSR count). The van der Waals surface area contributed by atoms with Gasteiger partial charge in [-0.05, 0) is 12.5 Å². The standard InChI is InChI=1S/C12H15N3O4S/c1-2-9-14(10-5-8-13)20(18,19)12-7-4-3-6-11(12)15(16)17/h3-4,6-7H,2,5,9-10H2,1H3. The van der Waals surface area contributed by atoms with E-state index in [4.69, 9.17) is 5.26 Å². The molecule has 20 heavy (non-hydrogen) atoms. The zero-order valence-corrected chi connectivity index (χ0v) is 11.8. The lowest BCUT2D eigenvalue weighted by Crippen LogP contribution is -2.33. The van der Waals surface area contributed by atoms with E-state index in [1.54, 1.807) is 6.92 Å². The molecule has 0 unspecified atom stereocenters. The zero-order chi connectivity index (χ0) is 15.2. The lowest BCUT2D eigenvalue weighted by molar-refractivity contribution is -0.387. The van der Waals surface area contributed by atoms with Gasteiger partial charge >= 0.3 is 0 Å². The van der Waals surface area contributed by atoms with Crippen molar-refractivity contribution in [2.75, 3.05) is 13.1 Å². The number of para-hydroxylation sites is 1. The van der Waals surface area contributed by atoms with E-state index < -0.39 is 20.6 Å². The largest absolute Gasteiger partial charge is 0.289 e. The Morgan fingerprint density at radius 1 is 1.35 bits per heavy atom. The van der Waals surface area contributed by atoms with Crippen LogP contribution in [0.4, 0.5) is 5.69 Å². The first kappa shape index (κ1) is 16.1. The molecule has 1 aromatic rings. The number of rotatable bonds is 7. The fraction of sp³-hybridized carbons (Fsp3) is 0.417. The van der Waals surface area contributed by atoms with Crippen LogP contribution in [0.5, 0.6) is 0 Å². The molecule has 0 radical (unpaired) electrons. The van der Waals surface area contributed by atoms with Crippen molar-refractivity contribution in [1.29, 1.82) is 5.26 Å². The summed E-state index contributed by atoms with van der Waals surface area (Å²) in [5, 5.41) is 19.5. The fourth-order valence-corrected chi connectivity index (χ4v) is 3.43. The number of hydrogen-bond donors (Lipinski definition) is 0. The predicted octanol–water partition coefficient (Wildman–Crippen LogP) is 1.91. The molecule has 0 saturated heterocycles. The second-order valence-corrected chi connectivity index (χ2v) is 5.94. The first-order valence-corrected chi connectivity index (χ1v) is 7.49. The van der Waals surface area contributed by atoms with E-state index in [0.29, 0.717) is 6.42 Å². The van der Waals surface area contributed by atoms with E-state index in [2.05, 4.69) is 0 Å². The first-order chi connectivity index (χ1) is 9.45. The third-order valence-electron chi connectivity index (χ3n) is 2.63. The maximum atomic E-state index is 12.5. The summed E-state index contributed by atoms with van der Waals surface area (Å²) in [5.41, 5.74) is -0.453. The molecule has 0 atom stereocenters. The van der Waals surface area contributed by atoms with E-state index in [0.717, 1.165) is 10.4 Å². The molecule has 0 N–H and O–H groups in total. The number of nitriles is 1. The third kappa shape index (κ3) is 3.53. The summed E-state index contributed by atoms with van der Waals surface area (Å²) in [7, 11) is -3.97. The summed E-state index contributed by atoms with van der Waals surface area (Å²) >= 11 is 0. The minimum atomic E-state index is -3.97. The van der Waals surface area contributed by atoms with E-state index in [1.165, 1.54) is 18.2 Å². The lowest BCUT2D eigenvalue weighted by atomic mass is 10.3. The van der Waals surface area contributed by atoms with Crippen molar-refractivity contribution < 1.29 is 13.3 Å². The average molecular weight is 297 g/mol. The predicted molar refractivity (Wildman–Crippen MR) is 72.4 cm³/mol. The van der Waals surface area contributed by atoms with E-state index in [-0.39, 0.29) is 24.4 Å². The Bertz CT molecular complexity index is 622. The normalized spacial score (nSPS) is 11.2. The Balaban J connectivity index is 3.26. The average Bonchev–Trinajstić information content (AvgIpc) is 2.43. The summed E-state index contributed by atoms with van der Waals surface area (Å²) in [6, 6.07) is 7.09. The van der Waals surface area contributed by atoms with Crippen LogP contribution < -0.4 is 0 Å². The van der Waals surface area contributed by atoms with Crippen LogP contribution >= 0.6 is 0 Å². The van der Waals surface area contributed by atoms with E-state index >= 15 is 0 Å². The van der Waals surface area contributed by atoms with Crippen LogP contribution in [0, 0.1) is 21.4 Å². The molecule has 0 aliphatic carbocycles. The van der Waals surface area contributed by atoms with Crippen LogP contribution in [-0.2, 0) is 10.0 Å². The van der Waals surface area contributed by atoms with Gasteiger partial charge in [0.1, 0.15) is 0 Å². The zero-order valence-electron chi connectivity index (χ0n) is 11.0. The molecule has 0 spiro atoms. The molecule has 0 aromatic heterocycles. The van der Waals surface area contributed by atoms with Gasteiger partial charge in [-0.1, -0.05) is 19.1 Å². The smallest absolute Gasteiger partial charge is 0.258 e. The van der Waals surface area contributed by atoms with Gasteiger partial charge in [0.15, 0.2) is 4.90 Å². The van der Waals surface area contributed by atoms with Gasteiger partial charge in [-0.15, -0.1) is 0 Å². The van der Waals surface area contributed by atoms with Gasteiger partial charge < -0.3 is 0 Å². The minimum absolute atomic E-state index is 0.0265. The summed E-state index contributed by atoms with van der Waals surface area (Å²) in [5.74, 6) is 0.